The number of nitrogens with one attached hydrogen (secondary N) is 2. The summed E-state index contributed by atoms with van der Waals surface area (Å²) in [6.45, 7) is 1.84. The summed E-state index contributed by atoms with van der Waals surface area (Å²) < 4.78 is 0.630. The van der Waals surface area contributed by atoms with E-state index in [2.05, 4.69) is 20.8 Å². The highest BCUT2D eigenvalue weighted by atomic mass is 32.2. The second-order valence-electron chi connectivity index (χ2n) is 6.44. The number of nitrogens with zero attached hydrogens (tertiary/aromatic N) is 3. The Hall–Kier alpha value is -2.57. The van der Waals surface area contributed by atoms with E-state index in [4.69, 9.17) is 0 Å². The van der Waals surface area contributed by atoms with Crippen LogP contribution in [-0.4, -0.2) is 61.7 Å². The summed E-state index contributed by atoms with van der Waals surface area (Å²) in [5.41, 5.74) is 0.750. The standard InChI is InChI=1S/C18H17N5O4S3/c1-9-21-22-18(29-9)30-11-8-28-16-13(15(25)23(16)14(11)17(26)27)20-12(24)7-19-10-5-3-2-4-6-10/h2-6,13,16,19H,7-8H2,1H3,(H,20,24)(H,26,27)/t13?,16-/m0/s1. The predicted octanol–water partition coefficient (Wildman–Crippen LogP) is 1.75. The van der Waals surface area contributed by atoms with Gasteiger partial charge in [0.15, 0.2) is 4.34 Å². The number of carbonyl (C=O) groups is 3. The van der Waals surface area contributed by atoms with E-state index in [0.29, 0.717) is 15.0 Å². The van der Waals surface area contributed by atoms with Crippen molar-refractivity contribution in [3.05, 3.63) is 45.9 Å². The number of anilines is 1. The molecule has 0 bridgehead atoms. The lowest BCUT2D eigenvalue weighted by Crippen LogP contribution is -2.70. The molecule has 2 aliphatic rings. The Balaban J connectivity index is 1.42. The van der Waals surface area contributed by atoms with Gasteiger partial charge in [0, 0.05) is 16.3 Å². The second kappa shape index (κ2) is 8.66. The number of carboxylic acid groups (broad SMARTS) is 1. The van der Waals surface area contributed by atoms with Gasteiger partial charge in [-0.25, -0.2) is 4.79 Å². The number of carboxylic acids is 1. The minimum Gasteiger partial charge on any atom is -0.477 e. The summed E-state index contributed by atoms with van der Waals surface area (Å²) in [6, 6.07) is 8.51. The third kappa shape index (κ3) is 4.16. The molecule has 12 heteroatoms. The van der Waals surface area contributed by atoms with Crippen LogP contribution in [0.5, 0.6) is 0 Å². The molecular weight excluding hydrogens is 446 g/mol. The molecule has 1 aromatic heterocycles. The fourth-order valence-electron chi connectivity index (χ4n) is 3.06. The van der Waals surface area contributed by atoms with Crippen LogP contribution in [0.3, 0.4) is 0 Å². The number of para-hydroxylation sites is 1. The maximum Gasteiger partial charge on any atom is 0.353 e. The Bertz CT molecular complexity index is 1030. The number of aryl methyl sites for hydroxylation is 1. The highest BCUT2D eigenvalue weighted by Crippen LogP contribution is 2.45. The van der Waals surface area contributed by atoms with Gasteiger partial charge >= 0.3 is 5.97 Å². The van der Waals surface area contributed by atoms with E-state index in [1.54, 1.807) is 0 Å². The van der Waals surface area contributed by atoms with Crippen molar-refractivity contribution in [3.63, 3.8) is 0 Å². The Morgan fingerprint density at radius 2 is 2.07 bits per heavy atom. The van der Waals surface area contributed by atoms with Crippen molar-refractivity contribution in [3.8, 4) is 0 Å². The SMILES string of the molecule is Cc1nnc(SC2=C(C(=O)O)N3C(=O)C(NC(=O)CNc4ccccc4)[C@@H]3SC2)s1. The molecule has 9 nitrogen and oxygen atoms in total. The number of benzene rings is 1. The van der Waals surface area contributed by atoms with Crippen molar-refractivity contribution in [2.45, 2.75) is 22.7 Å². The van der Waals surface area contributed by atoms with Gasteiger partial charge in [0.1, 0.15) is 22.1 Å². The summed E-state index contributed by atoms with van der Waals surface area (Å²) >= 11 is 4.00. The molecule has 0 radical (unpaired) electrons. The number of fused-ring (bicyclic) bond motifs is 1. The lowest BCUT2D eigenvalue weighted by atomic mass is 10.1. The fraction of sp³-hybridized carbons (Fsp3) is 0.278. The van der Waals surface area contributed by atoms with E-state index in [0.717, 1.165) is 10.7 Å². The number of β-lactam (4-membered cyclic amide) rings is 1. The van der Waals surface area contributed by atoms with Crippen molar-refractivity contribution < 1.29 is 19.5 Å². The van der Waals surface area contributed by atoms with Crippen molar-refractivity contribution in [1.29, 1.82) is 0 Å². The van der Waals surface area contributed by atoms with Gasteiger partial charge in [-0.1, -0.05) is 41.3 Å². The predicted molar refractivity (Wildman–Crippen MR) is 115 cm³/mol. The number of hydrogen-bond donors (Lipinski definition) is 3. The zero-order chi connectivity index (χ0) is 21.3. The molecule has 1 saturated heterocycles. The van der Waals surface area contributed by atoms with Gasteiger partial charge in [0.25, 0.3) is 5.91 Å². The summed E-state index contributed by atoms with van der Waals surface area (Å²) in [5, 5.41) is 23.7. The topological polar surface area (TPSA) is 125 Å². The number of carbonyl (C=O) groups excluding carboxylic acids is 2. The molecule has 1 unspecified atom stereocenters. The molecule has 156 valence electrons. The van der Waals surface area contributed by atoms with Crippen LogP contribution in [-0.2, 0) is 14.4 Å². The Kier molecular flexibility index (Phi) is 5.97. The first-order chi connectivity index (χ1) is 14.4. The molecule has 4 rings (SSSR count). The van der Waals surface area contributed by atoms with Crippen LogP contribution in [0.15, 0.2) is 45.3 Å². The first kappa shape index (κ1) is 20.7. The highest BCUT2D eigenvalue weighted by Gasteiger charge is 2.54. The summed E-state index contributed by atoms with van der Waals surface area (Å²) in [5.74, 6) is -1.52. The maximum absolute atomic E-state index is 12.7. The van der Waals surface area contributed by atoms with Crippen LogP contribution in [0.25, 0.3) is 0 Å². The molecule has 0 aliphatic carbocycles. The number of amides is 2. The van der Waals surface area contributed by atoms with E-state index >= 15 is 0 Å². The molecule has 2 atom stereocenters. The minimum atomic E-state index is -1.17. The van der Waals surface area contributed by atoms with Crippen LogP contribution in [0.2, 0.25) is 0 Å². The normalized spacial score (nSPS) is 20.4. The number of rotatable bonds is 7. The molecule has 0 spiro atoms. The zero-order valence-corrected chi connectivity index (χ0v) is 18.1. The average molecular weight is 464 g/mol. The van der Waals surface area contributed by atoms with Crippen molar-refractivity contribution in [2.75, 3.05) is 17.6 Å². The van der Waals surface area contributed by atoms with E-state index in [-0.39, 0.29) is 18.1 Å². The Morgan fingerprint density at radius 1 is 1.30 bits per heavy atom. The van der Waals surface area contributed by atoms with Gasteiger partial charge in [-0.15, -0.1) is 22.0 Å². The monoisotopic (exact) mass is 463 g/mol. The summed E-state index contributed by atoms with van der Waals surface area (Å²) in [7, 11) is 0. The largest absolute Gasteiger partial charge is 0.477 e. The maximum atomic E-state index is 12.7. The molecule has 3 heterocycles. The third-order valence-corrected chi connectivity index (χ3v) is 7.83. The molecule has 1 aromatic carbocycles. The summed E-state index contributed by atoms with van der Waals surface area (Å²) in [6.07, 6.45) is 0. The number of hydrogen-bond acceptors (Lipinski definition) is 9. The zero-order valence-electron chi connectivity index (χ0n) is 15.7. The van der Waals surface area contributed by atoms with Crippen molar-refractivity contribution >= 4 is 58.3 Å². The first-order valence-electron chi connectivity index (χ1n) is 8.91. The van der Waals surface area contributed by atoms with E-state index in [9.17, 15) is 19.5 Å². The quantitative estimate of drug-likeness (QED) is 0.527. The second-order valence-corrected chi connectivity index (χ2v) is 10.1. The molecule has 3 N–H and O–H groups in total. The molecule has 2 amide bonds. The number of aliphatic carboxylic acids is 1. The van der Waals surface area contributed by atoms with E-state index in [1.165, 1.54) is 39.8 Å². The molecule has 2 aromatic rings. The first-order valence-corrected chi connectivity index (χ1v) is 11.6. The average Bonchev–Trinajstić information content (AvgIpc) is 3.15. The van der Waals surface area contributed by atoms with Crippen molar-refractivity contribution in [1.82, 2.24) is 20.4 Å². The van der Waals surface area contributed by atoms with Crippen LogP contribution in [0, 0.1) is 6.92 Å². The van der Waals surface area contributed by atoms with Gasteiger partial charge in [-0.2, -0.15) is 0 Å². The summed E-state index contributed by atoms with van der Waals surface area (Å²) in [4.78, 5) is 38.6. The number of aromatic nitrogens is 2. The molecule has 30 heavy (non-hydrogen) atoms. The Morgan fingerprint density at radius 3 is 2.73 bits per heavy atom. The Labute approximate surface area is 184 Å². The molecule has 1 fully saturated rings. The molecule has 0 saturated carbocycles. The molecular formula is C18H17N5O4S3. The fourth-order valence-corrected chi connectivity index (χ4v) is 6.51. The van der Waals surface area contributed by atoms with Crippen LogP contribution < -0.4 is 10.6 Å². The van der Waals surface area contributed by atoms with Crippen LogP contribution in [0.1, 0.15) is 5.01 Å². The van der Waals surface area contributed by atoms with Crippen LogP contribution >= 0.6 is 34.9 Å². The minimum absolute atomic E-state index is 0.0182. The number of thioether (sulfide) groups is 2. The smallest absolute Gasteiger partial charge is 0.353 e. The lowest BCUT2D eigenvalue weighted by molar-refractivity contribution is -0.150. The third-order valence-electron chi connectivity index (χ3n) is 4.40. The highest BCUT2D eigenvalue weighted by molar-refractivity contribution is 8.07. The van der Waals surface area contributed by atoms with Gasteiger partial charge < -0.3 is 15.7 Å². The lowest BCUT2D eigenvalue weighted by Gasteiger charge is -2.49. The van der Waals surface area contributed by atoms with Crippen molar-refractivity contribution in [2.24, 2.45) is 0 Å². The molecule has 2 aliphatic heterocycles. The van der Waals surface area contributed by atoms with Gasteiger partial charge in [0.05, 0.1) is 6.54 Å². The van der Waals surface area contributed by atoms with Gasteiger partial charge in [-0.3, -0.25) is 14.5 Å². The van der Waals surface area contributed by atoms with Crippen LogP contribution in [0.4, 0.5) is 5.69 Å². The van der Waals surface area contributed by atoms with E-state index in [1.807, 2.05) is 37.3 Å². The van der Waals surface area contributed by atoms with Gasteiger partial charge in [0.2, 0.25) is 5.91 Å². The van der Waals surface area contributed by atoms with Gasteiger partial charge in [-0.05, 0) is 19.1 Å². The van der Waals surface area contributed by atoms with E-state index < -0.39 is 23.3 Å².